The molecule has 0 spiro atoms. The Morgan fingerprint density at radius 3 is 2.88 bits per heavy atom. The molecule has 0 atom stereocenters. The number of halogens is 2. The second-order valence-corrected chi connectivity index (χ2v) is 8.25. The molecule has 3 heterocycles. The number of hydrogen-bond donors (Lipinski definition) is 1. The molecule has 0 radical (unpaired) electrons. The molecule has 24 heavy (non-hydrogen) atoms. The highest BCUT2D eigenvalue weighted by Crippen LogP contribution is 2.46. The van der Waals surface area contributed by atoms with E-state index < -0.39 is 0 Å². The normalized spacial score (nSPS) is 15.9. The summed E-state index contributed by atoms with van der Waals surface area (Å²) in [5.41, 5.74) is 0.905. The van der Waals surface area contributed by atoms with Crippen molar-refractivity contribution in [2.45, 2.75) is 44.6 Å². The van der Waals surface area contributed by atoms with E-state index in [0.29, 0.717) is 12.5 Å². The molecule has 1 fully saturated rings. The van der Waals surface area contributed by atoms with Gasteiger partial charge < -0.3 is 9.73 Å². The summed E-state index contributed by atoms with van der Waals surface area (Å²) in [5.74, 6) is 2.25. The SMILES string of the molecule is Clc1nc(NCc2ccco2)c2sc(C3CCCCC3)c(Br)c2n1. The first-order chi connectivity index (χ1) is 11.7. The van der Waals surface area contributed by atoms with Gasteiger partial charge in [0.1, 0.15) is 17.1 Å². The first-order valence-electron chi connectivity index (χ1n) is 8.14. The van der Waals surface area contributed by atoms with Gasteiger partial charge >= 0.3 is 0 Å². The number of anilines is 1. The molecule has 4 nitrogen and oxygen atoms in total. The largest absolute Gasteiger partial charge is 0.467 e. The monoisotopic (exact) mass is 425 g/mol. The molecule has 3 aromatic heterocycles. The van der Waals surface area contributed by atoms with Crippen LogP contribution < -0.4 is 5.32 Å². The molecule has 0 aliphatic heterocycles. The number of aromatic nitrogens is 2. The first-order valence-corrected chi connectivity index (χ1v) is 10.1. The standard InChI is InChI=1S/C17H17BrClN3OS/c18-12-13-15(24-14(12)10-5-2-1-3-6-10)16(22-17(19)21-13)20-9-11-7-4-8-23-11/h4,7-8,10H,1-3,5-6,9H2,(H,20,21,22). The van der Waals surface area contributed by atoms with Crippen molar-refractivity contribution in [1.82, 2.24) is 9.97 Å². The number of hydrogen-bond acceptors (Lipinski definition) is 5. The molecule has 0 unspecified atom stereocenters. The minimum atomic E-state index is 0.262. The van der Waals surface area contributed by atoms with Gasteiger partial charge in [-0.15, -0.1) is 11.3 Å². The Kier molecular flexibility index (Phi) is 4.79. The summed E-state index contributed by atoms with van der Waals surface area (Å²) in [6.07, 6.45) is 8.13. The van der Waals surface area contributed by atoms with E-state index in [2.05, 4.69) is 31.2 Å². The van der Waals surface area contributed by atoms with Gasteiger partial charge in [-0.25, -0.2) is 4.98 Å². The molecule has 1 aliphatic carbocycles. The van der Waals surface area contributed by atoms with Crippen LogP contribution in [0.25, 0.3) is 10.2 Å². The van der Waals surface area contributed by atoms with Gasteiger partial charge in [-0.1, -0.05) is 19.3 Å². The molecule has 1 aliphatic rings. The van der Waals surface area contributed by atoms with E-state index in [1.54, 1.807) is 17.6 Å². The smallest absolute Gasteiger partial charge is 0.225 e. The van der Waals surface area contributed by atoms with Crippen LogP contribution in [0.5, 0.6) is 0 Å². The molecule has 4 rings (SSSR count). The van der Waals surface area contributed by atoms with Crippen LogP contribution >= 0.6 is 38.9 Å². The fourth-order valence-electron chi connectivity index (χ4n) is 3.27. The van der Waals surface area contributed by atoms with Crippen LogP contribution in [0.15, 0.2) is 27.3 Å². The Balaban J connectivity index is 1.70. The van der Waals surface area contributed by atoms with E-state index in [0.717, 1.165) is 26.3 Å². The van der Waals surface area contributed by atoms with Crippen molar-refractivity contribution in [3.8, 4) is 0 Å². The van der Waals surface area contributed by atoms with E-state index in [1.807, 2.05) is 12.1 Å². The predicted molar refractivity (Wildman–Crippen MR) is 102 cm³/mol. The van der Waals surface area contributed by atoms with E-state index in [9.17, 15) is 0 Å². The van der Waals surface area contributed by atoms with E-state index in [-0.39, 0.29) is 5.28 Å². The van der Waals surface area contributed by atoms with Crippen molar-refractivity contribution >= 4 is 54.9 Å². The third-order valence-corrected chi connectivity index (χ3v) is 7.04. The Bertz CT molecular complexity index is 843. The van der Waals surface area contributed by atoms with Crippen molar-refractivity contribution in [2.75, 3.05) is 5.32 Å². The second-order valence-electron chi connectivity index (χ2n) is 6.07. The summed E-state index contributed by atoms with van der Waals surface area (Å²) >= 11 is 11.7. The summed E-state index contributed by atoms with van der Waals surface area (Å²) in [7, 11) is 0. The van der Waals surface area contributed by atoms with Crippen LogP contribution in [-0.2, 0) is 6.54 Å². The number of fused-ring (bicyclic) bond motifs is 1. The van der Waals surface area contributed by atoms with Gasteiger partial charge in [-0.3, -0.25) is 0 Å². The van der Waals surface area contributed by atoms with Crippen molar-refractivity contribution in [2.24, 2.45) is 0 Å². The molecule has 0 bridgehead atoms. The van der Waals surface area contributed by atoms with Crippen LogP contribution in [0, 0.1) is 0 Å². The highest BCUT2D eigenvalue weighted by atomic mass is 79.9. The van der Waals surface area contributed by atoms with Crippen molar-refractivity contribution < 1.29 is 4.42 Å². The molecule has 0 saturated heterocycles. The number of furan rings is 1. The zero-order chi connectivity index (χ0) is 16.5. The number of rotatable bonds is 4. The van der Waals surface area contributed by atoms with Gasteiger partial charge in [-0.05, 0) is 58.4 Å². The number of nitrogens with one attached hydrogen (secondary N) is 1. The fraction of sp³-hybridized carbons (Fsp3) is 0.412. The van der Waals surface area contributed by atoms with Gasteiger partial charge in [0, 0.05) is 4.88 Å². The van der Waals surface area contributed by atoms with Crippen LogP contribution in [0.4, 0.5) is 5.82 Å². The van der Waals surface area contributed by atoms with Crippen molar-refractivity contribution in [1.29, 1.82) is 0 Å². The maximum Gasteiger partial charge on any atom is 0.225 e. The molecule has 1 saturated carbocycles. The van der Waals surface area contributed by atoms with Crippen LogP contribution in [0.1, 0.15) is 48.7 Å². The topological polar surface area (TPSA) is 51.0 Å². The quantitative estimate of drug-likeness (QED) is 0.493. The van der Waals surface area contributed by atoms with Gasteiger partial charge in [0.25, 0.3) is 0 Å². The lowest BCUT2D eigenvalue weighted by Gasteiger charge is -2.20. The number of nitrogens with zero attached hydrogens (tertiary/aromatic N) is 2. The van der Waals surface area contributed by atoms with Gasteiger partial charge in [0.15, 0.2) is 0 Å². The molecule has 1 N–H and O–H groups in total. The average Bonchev–Trinajstić information content (AvgIpc) is 3.22. The number of thiophene rings is 1. The minimum Gasteiger partial charge on any atom is -0.467 e. The summed E-state index contributed by atoms with van der Waals surface area (Å²) in [5, 5.41) is 3.60. The van der Waals surface area contributed by atoms with Crippen LogP contribution in [0.3, 0.4) is 0 Å². The predicted octanol–water partition coefficient (Wildman–Crippen LogP) is 6.36. The minimum absolute atomic E-state index is 0.262. The third kappa shape index (κ3) is 3.19. The van der Waals surface area contributed by atoms with E-state index in [1.165, 1.54) is 37.0 Å². The zero-order valence-corrected chi connectivity index (χ0v) is 16.2. The summed E-state index contributed by atoms with van der Waals surface area (Å²) in [6, 6.07) is 3.81. The zero-order valence-electron chi connectivity index (χ0n) is 13.0. The second kappa shape index (κ2) is 7.02. The summed E-state index contributed by atoms with van der Waals surface area (Å²) < 4.78 is 7.51. The average molecular weight is 427 g/mol. The van der Waals surface area contributed by atoms with E-state index >= 15 is 0 Å². The van der Waals surface area contributed by atoms with Crippen LogP contribution in [-0.4, -0.2) is 9.97 Å². The highest BCUT2D eigenvalue weighted by molar-refractivity contribution is 9.10. The Labute approximate surface area is 157 Å². The molecule has 3 aromatic rings. The molecule has 126 valence electrons. The lowest BCUT2D eigenvalue weighted by atomic mass is 9.88. The molecule has 0 amide bonds. The van der Waals surface area contributed by atoms with Gasteiger partial charge in [-0.2, -0.15) is 4.98 Å². The Morgan fingerprint density at radius 1 is 1.29 bits per heavy atom. The maximum absolute atomic E-state index is 6.15. The van der Waals surface area contributed by atoms with E-state index in [4.69, 9.17) is 16.0 Å². The lowest BCUT2D eigenvalue weighted by Crippen LogP contribution is -2.02. The maximum atomic E-state index is 6.15. The summed E-state index contributed by atoms with van der Waals surface area (Å²) in [4.78, 5) is 10.2. The Morgan fingerprint density at radius 2 is 2.12 bits per heavy atom. The van der Waals surface area contributed by atoms with Crippen LogP contribution in [0.2, 0.25) is 5.28 Å². The fourth-order valence-corrected chi connectivity index (χ4v) is 5.69. The third-order valence-electron chi connectivity index (χ3n) is 4.46. The molecule has 7 heteroatoms. The molecule has 0 aromatic carbocycles. The van der Waals surface area contributed by atoms with Crippen molar-refractivity contribution in [3.63, 3.8) is 0 Å². The molecular formula is C17H17BrClN3OS. The highest BCUT2D eigenvalue weighted by Gasteiger charge is 2.24. The first kappa shape index (κ1) is 16.4. The molecular weight excluding hydrogens is 410 g/mol. The van der Waals surface area contributed by atoms with Gasteiger partial charge in [0.05, 0.1) is 22.0 Å². The lowest BCUT2D eigenvalue weighted by molar-refractivity contribution is 0.447. The Hall–Kier alpha value is -1.11. The van der Waals surface area contributed by atoms with Crippen molar-refractivity contribution in [3.05, 3.63) is 38.8 Å². The summed E-state index contributed by atoms with van der Waals surface area (Å²) in [6.45, 7) is 0.573. The van der Waals surface area contributed by atoms with Gasteiger partial charge in [0.2, 0.25) is 5.28 Å².